The van der Waals surface area contributed by atoms with Crippen LogP contribution in [0.4, 0.5) is 5.95 Å². The monoisotopic (exact) mass is 437 g/mol. The number of hydrogen-bond acceptors (Lipinski definition) is 8. The maximum atomic E-state index is 12.1. The van der Waals surface area contributed by atoms with E-state index in [0.717, 1.165) is 6.42 Å². The minimum atomic E-state index is -0.916. The number of anilines is 1. The largest absolute Gasteiger partial charge is 0.481 e. The number of ketones is 1. The summed E-state index contributed by atoms with van der Waals surface area (Å²) in [6, 6.07) is 0. The molecule has 1 aliphatic rings. The first-order valence-corrected chi connectivity index (χ1v) is 9.87. The zero-order chi connectivity index (χ0) is 23.1. The summed E-state index contributed by atoms with van der Waals surface area (Å²) < 4.78 is 7.35. The molecule has 1 saturated heterocycles. The second-order valence-corrected chi connectivity index (χ2v) is 7.45. The van der Waals surface area contributed by atoms with Crippen molar-refractivity contribution >= 4 is 34.8 Å². The van der Waals surface area contributed by atoms with Crippen LogP contribution in [0, 0.1) is 5.92 Å². The third kappa shape index (κ3) is 6.69. The number of carboxylic acids is 1. The number of carbonyl (C=O) groups excluding carboxylic acids is 2. The van der Waals surface area contributed by atoms with E-state index in [0.29, 0.717) is 12.1 Å². The van der Waals surface area contributed by atoms with Crippen LogP contribution in [0.15, 0.2) is 11.1 Å². The van der Waals surface area contributed by atoms with Gasteiger partial charge in [-0.05, 0) is 19.8 Å². The minimum absolute atomic E-state index is 0.0463. The number of imidazole rings is 1. The number of nitrogens with zero attached hydrogens (tertiary/aromatic N) is 3. The molecule has 2 aromatic heterocycles. The fourth-order valence-electron chi connectivity index (χ4n) is 2.77. The number of ether oxygens (including phenoxy) is 1. The number of Topliss-reactive ketones (excluding diaryl/α,β-unsaturated/α-hetero) is 1. The molecule has 3 rings (SSSR count). The molecule has 1 unspecified atom stereocenters. The number of fused-ring (bicyclic) bond motifs is 1. The molecule has 170 valence electrons. The van der Waals surface area contributed by atoms with Crippen LogP contribution < -0.4 is 10.9 Å². The number of rotatable bonds is 7. The Bertz CT molecular complexity index is 983. The lowest BCUT2D eigenvalue weighted by atomic mass is 10.2. The summed E-state index contributed by atoms with van der Waals surface area (Å²) in [6.45, 7) is 4.82. The number of aromatic nitrogens is 4. The summed E-state index contributed by atoms with van der Waals surface area (Å²) >= 11 is 0. The van der Waals surface area contributed by atoms with Gasteiger partial charge in [0.05, 0.1) is 25.5 Å². The molecular formula is C19H27N5O7. The molecule has 31 heavy (non-hydrogen) atoms. The second kappa shape index (κ2) is 10.8. The number of amides is 1. The summed E-state index contributed by atoms with van der Waals surface area (Å²) in [5.41, 5.74) is 0.101. The van der Waals surface area contributed by atoms with Crippen molar-refractivity contribution in [3.63, 3.8) is 0 Å². The fraction of sp³-hybridized carbons (Fsp3) is 0.579. The van der Waals surface area contributed by atoms with Crippen molar-refractivity contribution in [2.24, 2.45) is 5.92 Å². The van der Waals surface area contributed by atoms with Crippen molar-refractivity contribution in [3.8, 4) is 0 Å². The normalized spacial score (nSPS) is 18.0. The van der Waals surface area contributed by atoms with E-state index in [2.05, 4.69) is 20.3 Å². The predicted molar refractivity (Wildman–Crippen MR) is 109 cm³/mol. The van der Waals surface area contributed by atoms with Crippen LogP contribution in [-0.4, -0.2) is 60.1 Å². The van der Waals surface area contributed by atoms with Gasteiger partial charge < -0.3 is 19.7 Å². The highest BCUT2D eigenvalue weighted by molar-refractivity contribution is 5.91. The van der Waals surface area contributed by atoms with Gasteiger partial charge in [0.1, 0.15) is 12.0 Å². The van der Waals surface area contributed by atoms with E-state index in [1.165, 1.54) is 13.3 Å². The zero-order valence-electron chi connectivity index (χ0n) is 17.6. The number of aliphatic carboxylic acids is 1. The maximum absolute atomic E-state index is 12.1. The van der Waals surface area contributed by atoms with E-state index in [-0.39, 0.29) is 60.9 Å². The molecule has 2 atom stereocenters. The first-order valence-electron chi connectivity index (χ1n) is 9.87. The number of aliphatic hydroxyl groups excluding tert-OH is 1. The Balaban J connectivity index is 0.000000366. The molecule has 12 heteroatoms. The summed E-state index contributed by atoms with van der Waals surface area (Å²) in [5, 5.41) is 19.8. The van der Waals surface area contributed by atoms with Gasteiger partial charge in [-0.15, -0.1) is 0 Å². The predicted octanol–water partition coefficient (Wildman–Crippen LogP) is 0.824. The van der Waals surface area contributed by atoms with Gasteiger partial charge in [-0.25, -0.2) is 4.98 Å². The van der Waals surface area contributed by atoms with Crippen LogP contribution in [0.5, 0.6) is 0 Å². The molecule has 3 heterocycles. The molecule has 2 aromatic rings. The van der Waals surface area contributed by atoms with Crippen LogP contribution >= 0.6 is 0 Å². The molecule has 0 spiro atoms. The number of hydrogen-bond donors (Lipinski definition) is 4. The number of nitrogens with one attached hydrogen (secondary N) is 2. The highest BCUT2D eigenvalue weighted by Crippen LogP contribution is 2.29. The van der Waals surface area contributed by atoms with Gasteiger partial charge in [0.2, 0.25) is 11.9 Å². The van der Waals surface area contributed by atoms with Gasteiger partial charge >= 0.3 is 5.97 Å². The van der Waals surface area contributed by atoms with Crippen molar-refractivity contribution in [1.82, 2.24) is 19.5 Å². The smallest absolute Gasteiger partial charge is 0.303 e. The van der Waals surface area contributed by atoms with Crippen LogP contribution in [0.1, 0.15) is 52.7 Å². The molecule has 0 bridgehead atoms. The minimum Gasteiger partial charge on any atom is -0.481 e. The van der Waals surface area contributed by atoms with E-state index in [9.17, 15) is 19.2 Å². The Morgan fingerprint density at radius 1 is 1.32 bits per heavy atom. The molecular weight excluding hydrogens is 410 g/mol. The lowest BCUT2D eigenvalue weighted by Crippen LogP contribution is -2.22. The summed E-state index contributed by atoms with van der Waals surface area (Å²) in [6.07, 6.45) is 2.45. The molecule has 1 fully saturated rings. The first kappa shape index (κ1) is 24.2. The van der Waals surface area contributed by atoms with E-state index >= 15 is 0 Å². The van der Waals surface area contributed by atoms with Crippen LogP contribution in [0.2, 0.25) is 0 Å². The first-order chi connectivity index (χ1) is 14.6. The van der Waals surface area contributed by atoms with Gasteiger partial charge in [-0.3, -0.25) is 29.3 Å². The average Bonchev–Trinajstić information content (AvgIpc) is 3.33. The second-order valence-electron chi connectivity index (χ2n) is 7.45. The van der Waals surface area contributed by atoms with Gasteiger partial charge in [-0.1, -0.05) is 13.8 Å². The van der Waals surface area contributed by atoms with Gasteiger partial charge in [0.15, 0.2) is 11.2 Å². The number of aromatic amines is 1. The van der Waals surface area contributed by atoms with Gasteiger partial charge in [-0.2, -0.15) is 4.98 Å². The summed E-state index contributed by atoms with van der Waals surface area (Å²) in [5.74, 6) is -1.38. The lowest BCUT2D eigenvalue weighted by Gasteiger charge is -2.14. The quantitative estimate of drug-likeness (QED) is 0.488. The Labute approximate surface area is 177 Å². The van der Waals surface area contributed by atoms with Gasteiger partial charge in [0, 0.05) is 12.3 Å². The summed E-state index contributed by atoms with van der Waals surface area (Å²) in [4.78, 5) is 54.6. The third-order valence-electron chi connectivity index (χ3n) is 4.49. The van der Waals surface area contributed by atoms with E-state index in [1.807, 2.05) is 0 Å². The van der Waals surface area contributed by atoms with E-state index in [4.69, 9.17) is 14.9 Å². The number of carbonyl (C=O) groups is 3. The summed E-state index contributed by atoms with van der Waals surface area (Å²) in [7, 11) is 0. The molecule has 1 amide bonds. The Hall–Kier alpha value is -3.12. The molecule has 0 aliphatic carbocycles. The highest BCUT2D eigenvalue weighted by Gasteiger charge is 2.28. The standard InChI is InChI=1S/C14H19N5O4.C5H8O3/c1-7(2)12(21)17-14-16-11-10(13(22)18-14)15-6-19(11)9-4-3-8(5-20)23-9;1-4(6)2-3-5(7)8/h6-9,20H,3-5H2,1-2H3,(H2,16,17,18,21,22);2-3H2,1H3,(H,7,8)/t8?,9-;/m1./s1. The maximum Gasteiger partial charge on any atom is 0.303 e. The van der Waals surface area contributed by atoms with Crippen LogP contribution in [-0.2, 0) is 19.1 Å². The topological polar surface area (TPSA) is 176 Å². The van der Waals surface area contributed by atoms with Crippen molar-refractivity contribution < 1.29 is 29.3 Å². The van der Waals surface area contributed by atoms with Crippen LogP contribution in [0.25, 0.3) is 11.2 Å². The molecule has 0 saturated carbocycles. The number of aliphatic hydroxyl groups is 1. The average molecular weight is 437 g/mol. The number of carboxylic acid groups (broad SMARTS) is 1. The number of H-pyrrole nitrogens is 1. The fourth-order valence-corrected chi connectivity index (χ4v) is 2.77. The molecule has 0 aromatic carbocycles. The van der Waals surface area contributed by atoms with Crippen LogP contribution in [0.3, 0.4) is 0 Å². The van der Waals surface area contributed by atoms with Crippen molar-refractivity contribution in [2.75, 3.05) is 11.9 Å². The Morgan fingerprint density at radius 2 is 2.03 bits per heavy atom. The SMILES string of the molecule is CC(=O)CCC(=O)O.CC(C)C(=O)Nc1nc2c(ncn2[C@H]2CCC(CO)O2)c(=O)[nH]1. The van der Waals surface area contributed by atoms with E-state index in [1.54, 1.807) is 18.4 Å². The molecule has 4 N–H and O–H groups in total. The highest BCUT2D eigenvalue weighted by atomic mass is 16.5. The van der Waals surface area contributed by atoms with Crippen molar-refractivity contribution in [2.45, 2.75) is 58.8 Å². The molecule has 0 radical (unpaired) electrons. The molecule has 12 nitrogen and oxygen atoms in total. The third-order valence-corrected chi connectivity index (χ3v) is 4.49. The molecule has 1 aliphatic heterocycles. The zero-order valence-corrected chi connectivity index (χ0v) is 17.6. The van der Waals surface area contributed by atoms with Crippen molar-refractivity contribution in [1.29, 1.82) is 0 Å². The van der Waals surface area contributed by atoms with Gasteiger partial charge in [0.25, 0.3) is 5.56 Å². The lowest BCUT2D eigenvalue weighted by molar-refractivity contribution is -0.138. The Kier molecular flexibility index (Phi) is 8.39. The Morgan fingerprint density at radius 3 is 2.55 bits per heavy atom. The van der Waals surface area contributed by atoms with E-state index < -0.39 is 11.5 Å². The van der Waals surface area contributed by atoms with Crippen molar-refractivity contribution in [3.05, 3.63) is 16.7 Å².